The van der Waals surface area contributed by atoms with E-state index in [1.54, 1.807) is 0 Å². The van der Waals surface area contributed by atoms with Crippen molar-refractivity contribution in [1.82, 2.24) is 25.4 Å². The van der Waals surface area contributed by atoms with Gasteiger partial charge in [0.2, 0.25) is 5.91 Å². The Labute approximate surface area is 163 Å². The van der Waals surface area contributed by atoms with Crippen molar-refractivity contribution in [3.8, 4) is 0 Å². The molecule has 1 aromatic carbocycles. The van der Waals surface area contributed by atoms with Crippen LogP contribution in [0.5, 0.6) is 0 Å². The number of benzene rings is 1. The number of hydrogen-bond acceptors (Lipinski definition) is 5. The molecule has 0 bridgehead atoms. The Morgan fingerprint density at radius 1 is 1.22 bits per heavy atom. The molecule has 8 heteroatoms. The summed E-state index contributed by atoms with van der Waals surface area (Å²) in [6.45, 7) is 3.29. The van der Waals surface area contributed by atoms with Crippen molar-refractivity contribution in [3.05, 3.63) is 41.7 Å². The number of nitrogens with one attached hydrogen (secondary N) is 2. The largest absolute Gasteiger partial charge is 0.338 e. The van der Waals surface area contributed by atoms with Crippen molar-refractivity contribution in [2.24, 2.45) is 0 Å². The zero-order valence-electron chi connectivity index (χ0n) is 15.5. The van der Waals surface area contributed by atoms with Crippen LogP contribution in [0.2, 0.25) is 0 Å². The minimum atomic E-state index is -0.446. The quantitative estimate of drug-likeness (QED) is 0.510. The van der Waals surface area contributed by atoms with E-state index in [9.17, 15) is 9.59 Å². The maximum atomic E-state index is 12.0. The molecule has 144 valence electrons. The number of rotatable bonds is 9. The maximum absolute atomic E-state index is 12.0. The number of amides is 3. The third-order valence-corrected chi connectivity index (χ3v) is 5.24. The summed E-state index contributed by atoms with van der Waals surface area (Å²) >= 11 is 1.31. The molecule has 0 radical (unpaired) electrons. The van der Waals surface area contributed by atoms with Gasteiger partial charge in [-0.2, -0.15) is 0 Å². The molecule has 7 nitrogen and oxygen atoms in total. The van der Waals surface area contributed by atoms with Gasteiger partial charge < -0.3 is 9.88 Å². The van der Waals surface area contributed by atoms with E-state index in [4.69, 9.17) is 0 Å². The summed E-state index contributed by atoms with van der Waals surface area (Å²) in [5.74, 6) is 1.24. The third kappa shape index (κ3) is 5.82. The Morgan fingerprint density at radius 2 is 2.00 bits per heavy atom. The molecule has 27 heavy (non-hydrogen) atoms. The van der Waals surface area contributed by atoms with E-state index in [2.05, 4.69) is 37.5 Å². The van der Waals surface area contributed by atoms with E-state index >= 15 is 0 Å². The molecule has 1 fully saturated rings. The molecule has 2 N–H and O–H groups in total. The molecule has 0 spiro atoms. The summed E-state index contributed by atoms with van der Waals surface area (Å²) in [5.41, 5.74) is 1.17. The second kappa shape index (κ2) is 9.55. The van der Waals surface area contributed by atoms with E-state index in [0.29, 0.717) is 24.2 Å². The van der Waals surface area contributed by atoms with Crippen molar-refractivity contribution in [3.63, 3.8) is 0 Å². The first kappa shape index (κ1) is 19.4. The minimum absolute atomic E-state index is 0.124. The smallest absolute Gasteiger partial charge is 0.321 e. The average molecular weight is 388 g/mol. The van der Waals surface area contributed by atoms with Crippen LogP contribution in [-0.4, -0.2) is 39.0 Å². The van der Waals surface area contributed by atoms with Crippen LogP contribution >= 0.6 is 11.8 Å². The highest BCUT2D eigenvalue weighted by Gasteiger charge is 2.30. The van der Waals surface area contributed by atoms with Gasteiger partial charge in [0, 0.05) is 12.5 Å². The number of carbonyl (C=O) groups is 2. The van der Waals surface area contributed by atoms with Gasteiger partial charge in [0.15, 0.2) is 5.16 Å². The Balaban J connectivity index is 1.58. The lowest BCUT2D eigenvalue weighted by atomic mass is 10.2. The number of unbranched alkanes of at least 4 members (excludes halogenated alkanes) is 1. The molecule has 2 aromatic rings. The molecule has 1 aliphatic carbocycles. The molecule has 3 rings (SSSR count). The van der Waals surface area contributed by atoms with Crippen molar-refractivity contribution in [1.29, 1.82) is 0 Å². The van der Waals surface area contributed by atoms with Crippen molar-refractivity contribution in [2.75, 3.05) is 12.3 Å². The molecular formula is C19H25N5O2S. The average Bonchev–Trinajstić information content (AvgIpc) is 3.43. The van der Waals surface area contributed by atoms with Crippen LogP contribution in [0.15, 0.2) is 35.5 Å². The van der Waals surface area contributed by atoms with Gasteiger partial charge in [0.05, 0.1) is 12.3 Å². The van der Waals surface area contributed by atoms with Crippen molar-refractivity contribution in [2.45, 2.75) is 50.2 Å². The SMILES string of the molecule is CCCCNC(=O)NC(=O)CSc1nnc(C2CC2)n1Cc1ccccc1. The van der Waals surface area contributed by atoms with Crippen molar-refractivity contribution >= 4 is 23.7 Å². The third-order valence-electron chi connectivity index (χ3n) is 4.27. The Morgan fingerprint density at radius 3 is 2.70 bits per heavy atom. The summed E-state index contributed by atoms with van der Waals surface area (Å²) in [6.07, 6.45) is 4.15. The summed E-state index contributed by atoms with van der Waals surface area (Å²) in [4.78, 5) is 23.7. The van der Waals surface area contributed by atoms with E-state index < -0.39 is 6.03 Å². The predicted molar refractivity (Wildman–Crippen MR) is 105 cm³/mol. The topological polar surface area (TPSA) is 88.9 Å². The second-order valence-electron chi connectivity index (χ2n) is 6.63. The molecule has 0 saturated heterocycles. The normalized spacial score (nSPS) is 13.4. The predicted octanol–water partition coefficient (Wildman–Crippen LogP) is 2.92. The molecule has 1 aromatic heterocycles. The van der Waals surface area contributed by atoms with E-state index in [1.165, 1.54) is 17.3 Å². The zero-order valence-corrected chi connectivity index (χ0v) is 16.3. The Kier molecular flexibility index (Phi) is 6.86. The van der Waals surface area contributed by atoms with Gasteiger partial charge in [-0.25, -0.2) is 4.79 Å². The number of nitrogens with zero attached hydrogens (tertiary/aromatic N) is 3. The highest BCUT2D eigenvalue weighted by molar-refractivity contribution is 7.99. The van der Waals surface area contributed by atoms with Gasteiger partial charge in [-0.05, 0) is 24.8 Å². The van der Waals surface area contributed by atoms with E-state index in [1.807, 2.05) is 25.1 Å². The van der Waals surface area contributed by atoms with Crippen LogP contribution < -0.4 is 10.6 Å². The molecule has 0 unspecified atom stereocenters. The number of thioether (sulfide) groups is 1. The van der Waals surface area contributed by atoms with Gasteiger partial charge in [0.1, 0.15) is 5.82 Å². The van der Waals surface area contributed by atoms with Crippen LogP contribution in [0.4, 0.5) is 4.79 Å². The lowest BCUT2D eigenvalue weighted by molar-refractivity contribution is -0.117. The summed E-state index contributed by atoms with van der Waals surface area (Å²) in [6, 6.07) is 9.69. The summed E-state index contributed by atoms with van der Waals surface area (Å²) in [5, 5.41) is 14.4. The lowest BCUT2D eigenvalue weighted by Gasteiger charge is -2.10. The molecule has 1 aliphatic rings. The number of aromatic nitrogens is 3. The van der Waals surface area contributed by atoms with Crippen LogP contribution in [-0.2, 0) is 11.3 Å². The standard InChI is InChI=1S/C19H25N5O2S/c1-2-3-11-20-18(26)21-16(25)13-27-19-23-22-17(15-9-10-15)24(19)12-14-7-5-4-6-8-14/h4-8,15H,2-3,9-13H2,1H3,(H2,20,21,25,26). The minimum Gasteiger partial charge on any atom is -0.338 e. The fraction of sp³-hybridized carbons (Fsp3) is 0.474. The first-order chi connectivity index (χ1) is 13.2. The summed E-state index contributed by atoms with van der Waals surface area (Å²) in [7, 11) is 0. The molecule has 3 amide bonds. The van der Waals surface area contributed by atoms with E-state index in [0.717, 1.165) is 31.5 Å². The Hall–Kier alpha value is -2.35. The van der Waals surface area contributed by atoms with E-state index in [-0.39, 0.29) is 11.7 Å². The number of imide groups is 1. The number of hydrogen-bond donors (Lipinski definition) is 2. The number of carbonyl (C=O) groups excluding carboxylic acids is 2. The lowest BCUT2D eigenvalue weighted by Crippen LogP contribution is -2.40. The van der Waals surface area contributed by atoms with Gasteiger partial charge in [-0.15, -0.1) is 10.2 Å². The van der Waals surface area contributed by atoms with Crippen molar-refractivity contribution < 1.29 is 9.59 Å². The second-order valence-corrected chi connectivity index (χ2v) is 7.58. The highest BCUT2D eigenvalue weighted by Crippen LogP contribution is 2.40. The molecule has 1 saturated carbocycles. The highest BCUT2D eigenvalue weighted by atomic mass is 32.2. The van der Waals surface area contributed by atoms with Crippen LogP contribution in [0.3, 0.4) is 0 Å². The number of urea groups is 1. The molecule has 0 atom stereocenters. The van der Waals surface area contributed by atoms with Crippen LogP contribution in [0, 0.1) is 0 Å². The fourth-order valence-corrected chi connectivity index (χ4v) is 3.43. The molecular weight excluding hydrogens is 362 g/mol. The van der Waals surface area contributed by atoms with Crippen LogP contribution in [0.1, 0.15) is 49.9 Å². The molecule has 1 heterocycles. The fourth-order valence-electron chi connectivity index (χ4n) is 2.68. The first-order valence-electron chi connectivity index (χ1n) is 9.35. The van der Waals surface area contributed by atoms with Crippen LogP contribution in [0.25, 0.3) is 0 Å². The monoisotopic (exact) mass is 387 g/mol. The summed E-state index contributed by atoms with van der Waals surface area (Å²) < 4.78 is 2.09. The Bertz CT molecular complexity index is 774. The first-order valence-corrected chi connectivity index (χ1v) is 10.3. The van der Waals surface area contributed by atoms with Gasteiger partial charge >= 0.3 is 6.03 Å². The van der Waals surface area contributed by atoms with Gasteiger partial charge in [0.25, 0.3) is 0 Å². The van der Waals surface area contributed by atoms with Gasteiger partial charge in [-0.1, -0.05) is 55.4 Å². The maximum Gasteiger partial charge on any atom is 0.321 e. The zero-order chi connectivity index (χ0) is 19.1. The van der Waals surface area contributed by atoms with Gasteiger partial charge in [-0.3, -0.25) is 10.1 Å². The molecule has 0 aliphatic heterocycles.